The molecule has 0 radical (unpaired) electrons. The van der Waals surface area contributed by atoms with Crippen LogP contribution in [0.2, 0.25) is 0 Å². The molecular formula is C7H11NO8S. The SMILES string of the molecule is C[C@H](N)C(=O)OC(=O)C(CC(=O)O)S(=O)(=O)O. The summed E-state index contributed by atoms with van der Waals surface area (Å²) >= 11 is 0. The number of nitrogens with two attached hydrogens (primary N) is 1. The summed E-state index contributed by atoms with van der Waals surface area (Å²) in [5.74, 6) is -4.57. The van der Waals surface area contributed by atoms with Crippen LogP contribution in [0.15, 0.2) is 0 Å². The zero-order valence-corrected chi connectivity index (χ0v) is 9.51. The van der Waals surface area contributed by atoms with Crippen LogP contribution in [0.5, 0.6) is 0 Å². The average Bonchev–Trinajstić information content (AvgIpc) is 2.11. The molecule has 0 rings (SSSR count). The number of rotatable bonds is 5. The Labute approximate surface area is 96.3 Å². The fourth-order valence-electron chi connectivity index (χ4n) is 0.727. The quantitative estimate of drug-likeness (QED) is 0.295. The summed E-state index contributed by atoms with van der Waals surface area (Å²) in [6.07, 6.45) is -1.22. The average molecular weight is 269 g/mol. The van der Waals surface area contributed by atoms with E-state index in [2.05, 4.69) is 4.74 Å². The van der Waals surface area contributed by atoms with Crippen LogP contribution in [-0.4, -0.2) is 47.3 Å². The zero-order valence-electron chi connectivity index (χ0n) is 8.69. The summed E-state index contributed by atoms with van der Waals surface area (Å²) in [5.41, 5.74) is 5.04. The molecule has 17 heavy (non-hydrogen) atoms. The molecule has 0 spiro atoms. The molecule has 98 valence electrons. The van der Waals surface area contributed by atoms with Gasteiger partial charge in [0.2, 0.25) is 0 Å². The molecule has 0 aromatic rings. The van der Waals surface area contributed by atoms with E-state index in [1.165, 1.54) is 6.92 Å². The zero-order chi connectivity index (χ0) is 13.8. The third-order valence-corrected chi connectivity index (χ3v) is 2.63. The van der Waals surface area contributed by atoms with Gasteiger partial charge in [0.1, 0.15) is 6.04 Å². The Morgan fingerprint density at radius 2 is 1.76 bits per heavy atom. The van der Waals surface area contributed by atoms with Crippen LogP contribution in [0.4, 0.5) is 0 Å². The van der Waals surface area contributed by atoms with Crippen LogP contribution in [0.25, 0.3) is 0 Å². The van der Waals surface area contributed by atoms with Crippen molar-refractivity contribution in [3.8, 4) is 0 Å². The molecule has 1 unspecified atom stereocenters. The van der Waals surface area contributed by atoms with Gasteiger partial charge in [-0.05, 0) is 6.92 Å². The Kier molecular flexibility index (Phi) is 5.19. The number of hydrogen-bond acceptors (Lipinski definition) is 7. The van der Waals surface area contributed by atoms with Crippen molar-refractivity contribution >= 4 is 28.0 Å². The van der Waals surface area contributed by atoms with Crippen LogP contribution >= 0.6 is 0 Å². The third-order valence-electron chi connectivity index (χ3n) is 1.56. The molecular weight excluding hydrogens is 258 g/mol. The highest BCUT2D eigenvalue weighted by atomic mass is 32.2. The molecule has 0 heterocycles. The lowest BCUT2D eigenvalue weighted by Crippen LogP contribution is -2.38. The normalized spacial score (nSPS) is 14.8. The molecule has 4 N–H and O–H groups in total. The van der Waals surface area contributed by atoms with Crippen molar-refractivity contribution in [2.45, 2.75) is 24.6 Å². The molecule has 2 atom stereocenters. The van der Waals surface area contributed by atoms with Gasteiger partial charge < -0.3 is 15.6 Å². The van der Waals surface area contributed by atoms with Crippen LogP contribution in [-0.2, 0) is 29.2 Å². The molecule has 0 saturated carbocycles. The largest absolute Gasteiger partial charge is 0.481 e. The number of ether oxygens (including phenoxy) is 1. The number of hydrogen-bond donors (Lipinski definition) is 3. The second-order valence-electron chi connectivity index (χ2n) is 3.13. The van der Waals surface area contributed by atoms with Gasteiger partial charge in [0.05, 0.1) is 6.42 Å². The predicted octanol–water partition coefficient (Wildman–Crippen LogP) is -1.87. The van der Waals surface area contributed by atoms with Crippen molar-refractivity contribution in [1.29, 1.82) is 0 Å². The summed E-state index contributed by atoms with van der Waals surface area (Å²) < 4.78 is 34.0. The van der Waals surface area contributed by atoms with Gasteiger partial charge >= 0.3 is 17.9 Å². The first kappa shape index (κ1) is 15.5. The van der Waals surface area contributed by atoms with Gasteiger partial charge in [0.15, 0.2) is 5.25 Å². The van der Waals surface area contributed by atoms with Crippen molar-refractivity contribution in [2.75, 3.05) is 0 Å². The summed E-state index contributed by atoms with van der Waals surface area (Å²) in [6.45, 7) is 1.18. The minimum absolute atomic E-state index is 1.18. The van der Waals surface area contributed by atoms with Gasteiger partial charge in [-0.1, -0.05) is 0 Å². The Morgan fingerprint density at radius 3 is 2.06 bits per heavy atom. The molecule has 0 amide bonds. The molecule has 0 aliphatic heterocycles. The maximum absolute atomic E-state index is 11.1. The third kappa shape index (κ3) is 5.38. The van der Waals surface area contributed by atoms with Gasteiger partial charge in [0.25, 0.3) is 10.1 Å². The van der Waals surface area contributed by atoms with Gasteiger partial charge in [-0.25, -0.2) is 4.79 Å². The topological polar surface area (TPSA) is 161 Å². The number of aliphatic carboxylic acids is 1. The van der Waals surface area contributed by atoms with Crippen molar-refractivity contribution in [3.05, 3.63) is 0 Å². The van der Waals surface area contributed by atoms with Crippen molar-refractivity contribution in [2.24, 2.45) is 5.73 Å². The monoisotopic (exact) mass is 269 g/mol. The first-order valence-electron chi connectivity index (χ1n) is 4.25. The highest BCUT2D eigenvalue weighted by Gasteiger charge is 2.36. The summed E-state index contributed by atoms with van der Waals surface area (Å²) in [7, 11) is -4.98. The molecule has 0 aliphatic rings. The number of carbonyl (C=O) groups is 3. The predicted molar refractivity (Wildman–Crippen MR) is 52.3 cm³/mol. The Balaban J connectivity index is 4.90. The summed E-state index contributed by atoms with van der Waals surface area (Å²) in [6, 6.07) is -1.19. The van der Waals surface area contributed by atoms with Crippen molar-refractivity contribution < 1.29 is 37.2 Å². The minimum Gasteiger partial charge on any atom is -0.481 e. The van der Waals surface area contributed by atoms with E-state index in [0.717, 1.165) is 0 Å². The lowest BCUT2D eigenvalue weighted by Gasteiger charge is -2.11. The fourth-order valence-corrected chi connectivity index (χ4v) is 1.37. The van der Waals surface area contributed by atoms with Gasteiger partial charge in [-0.2, -0.15) is 8.42 Å². The fraction of sp³-hybridized carbons (Fsp3) is 0.571. The van der Waals surface area contributed by atoms with Gasteiger partial charge in [-0.15, -0.1) is 0 Å². The van der Waals surface area contributed by atoms with Crippen LogP contribution in [0.1, 0.15) is 13.3 Å². The molecule has 0 aromatic heterocycles. The van der Waals surface area contributed by atoms with E-state index in [4.69, 9.17) is 15.4 Å². The number of carboxylic acid groups (broad SMARTS) is 1. The first-order valence-corrected chi connectivity index (χ1v) is 5.75. The summed E-state index contributed by atoms with van der Waals surface area (Å²) in [4.78, 5) is 32.3. The van der Waals surface area contributed by atoms with Gasteiger partial charge in [-0.3, -0.25) is 14.1 Å². The number of carboxylic acids is 1. The smallest absolute Gasteiger partial charge is 0.335 e. The van der Waals surface area contributed by atoms with Crippen LogP contribution in [0, 0.1) is 0 Å². The molecule has 0 aliphatic carbocycles. The number of carbonyl (C=O) groups excluding carboxylic acids is 2. The number of esters is 2. The lowest BCUT2D eigenvalue weighted by molar-refractivity contribution is -0.161. The Morgan fingerprint density at radius 1 is 1.29 bits per heavy atom. The maximum atomic E-state index is 11.1. The molecule has 0 saturated heterocycles. The maximum Gasteiger partial charge on any atom is 0.335 e. The standard InChI is InChI=1S/C7H11NO8S/c1-3(8)6(11)16-7(12)4(2-5(9)10)17(13,14)15/h3-4H,2,8H2,1H3,(H,9,10)(H,13,14,15)/t3-,4?/m0/s1. The Hall–Kier alpha value is -1.52. The van der Waals surface area contributed by atoms with Gasteiger partial charge in [0, 0.05) is 0 Å². The second kappa shape index (κ2) is 5.70. The highest BCUT2D eigenvalue weighted by molar-refractivity contribution is 7.87. The van der Waals surface area contributed by atoms with E-state index in [1.54, 1.807) is 0 Å². The van der Waals surface area contributed by atoms with Crippen LogP contribution in [0.3, 0.4) is 0 Å². The second-order valence-corrected chi connectivity index (χ2v) is 4.73. The highest BCUT2D eigenvalue weighted by Crippen LogP contribution is 2.07. The summed E-state index contributed by atoms with van der Waals surface area (Å²) in [5, 5.41) is 5.99. The minimum atomic E-state index is -4.98. The molecule has 9 nitrogen and oxygen atoms in total. The molecule has 0 fully saturated rings. The van der Waals surface area contributed by atoms with E-state index < -0.39 is 45.7 Å². The van der Waals surface area contributed by atoms with E-state index >= 15 is 0 Å². The van der Waals surface area contributed by atoms with Crippen molar-refractivity contribution in [1.82, 2.24) is 0 Å². The van der Waals surface area contributed by atoms with Crippen LogP contribution < -0.4 is 5.73 Å². The molecule has 0 aromatic carbocycles. The molecule has 0 bridgehead atoms. The molecule has 10 heteroatoms. The first-order chi connectivity index (χ1) is 7.55. The van der Waals surface area contributed by atoms with E-state index in [1.807, 2.05) is 0 Å². The van der Waals surface area contributed by atoms with E-state index in [-0.39, 0.29) is 0 Å². The van der Waals surface area contributed by atoms with E-state index in [0.29, 0.717) is 0 Å². The van der Waals surface area contributed by atoms with E-state index in [9.17, 15) is 22.8 Å². The Bertz CT molecular complexity index is 425. The van der Waals surface area contributed by atoms with Crippen molar-refractivity contribution in [3.63, 3.8) is 0 Å². The lowest BCUT2D eigenvalue weighted by atomic mass is 10.3.